The average molecular weight is 454 g/mol. The van der Waals surface area contributed by atoms with Gasteiger partial charge in [0.25, 0.3) is 5.82 Å². The number of anilines is 1. The van der Waals surface area contributed by atoms with Crippen LogP contribution in [0.4, 0.5) is 19.0 Å². The quantitative estimate of drug-likeness (QED) is 0.678. The molecule has 0 atom stereocenters. The maximum atomic E-state index is 13.1. The number of hydrogen-bond donors (Lipinski definition) is 1. The number of carbonyl (C=O) groups excluding carboxylic acids is 1. The minimum Gasteiger partial charge on any atom is -0.356 e. The van der Waals surface area contributed by atoms with Crippen LogP contribution < -0.4 is 10.2 Å². The van der Waals surface area contributed by atoms with Gasteiger partial charge in [0, 0.05) is 25.6 Å². The Balaban J connectivity index is 1.23. The molecule has 1 amide bonds. The SMILES string of the molecule is CC1CCN(CCCNC(=O)C2CCN(c3ccc4nnc(C(F)(F)F)n4n3)CC2)CC1. The molecule has 2 aliphatic heterocycles. The lowest BCUT2D eigenvalue weighted by Crippen LogP contribution is -2.41. The van der Waals surface area contributed by atoms with Gasteiger partial charge in [0.1, 0.15) is 5.82 Å². The molecular weight excluding hydrogens is 423 g/mol. The fraction of sp³-hybridized carbons (Fsp3) is 0.714. The van der Waals surface area contributed by atoms with Crippen LogP contribution in [0.5, 0.6) is 0 Å². The van der Waals surface area contributed by atoms with E-state index in [9.17, 15) is 18.0 Å². The van der Waals surface area contributed by atoms with Crippen LogP contribution in [0, 0.1) is 11.8 Å². The zero-order valence-electron chi connectivity index (χ0n) is 18.3. The van der Waals surface area contributed by atoms with Crippen LogP contribution in [0.3, 0.4) is 0 Å². The predicted molar refractivity (Wildman–Crippen MR) is 113 cm³/mol. The fourth-order valence-corrected chi connectivity index (χ4v) is 4.44. The molecule has 0 spiro atoms. The molecule has 0 aromatic carbocycles. The highest BCUT2D eigenvalue weighted by Crippen LogP contribution is 2.28. The molecule has 4 rings (SSSR count). The third-order valence-electron chi connectivity index (χ3n) is 6.52. The van der Waals surface area contributed by atoms with E-state index in [4.69, 9.17) is 0 Å². The van der Waals surface area contributed by atoms with E-state index < -0.39 is 12.0 Å². The van der Waals surface area contributed by atoms with Gasteiger partial charge in [0.05, 0.1) is 0 Å². The Kier molecular flexibility index (Phi) is 6.82. The van der Waals surface area contributed by atoms with Crippen LogP contribution in [0.25, 0.3) is 5.65 Å². The predicted octanol–water partition coefficient (Wildman–Crippen LogP) is 2.60. The highest BCUT2D eigenvalue weighted by Gasteiger charge is 2.38. The van der Waals surface area contributed by atoms with Crippen LogP contribution in [0.1, 0.15) is 44.9 Å². The van der Waals surface area contributed by atoms with Crippen LogP contribution in [0.2, 0.25) is 0 Å². The second-order valence-electron chi connectivity index (χ2n) is 8.91. The van der Waals surface area contributed by atoms with Gasteiger partial charge in [-0.1, -0.05) is 6.92 Å². The molecule has 0 bridgehead atoms. The maximum Gasteiger partial charge on any atom is 0.453 e. The molecule has 4 heterocycles. The summed E-state index contributed by atoms with van der Waals surface area (Å²) in [6, 6.07) is 3.12. The molecule has 2 fully saturated rings. The molecule has 0 aliphatic carbocycles. The number of rotatable bonds is 6. The second-order valence-corrected chi connectivity index (χ2v) is 8.91. The third-order valence-corrected chi connectivity index (χ3v) is 6.52. The number of piperidine rings is 2. The lowest BCUT2D eigenvalue weighted by molar-refractivity contribution is -0.146. The smallest absolute Gasteiger partial charge is 0.356 e. The Morgan fingerprint density at radius 2 is 1.81 bits per heavy atom. The number of fused-ring (bicyclic) bond motifs is 1. The van der Waals surface area contributed by atoms with E-state index in [1.165, 1.54) is 18.9 Å². The number of hydrogen-bond acceptors (Lipinski definition) is 6. The third kappa shape index (κ3) is 5.31. The Hall–Kier alpha value is -2.43. The number of likely N-dealkylation sites (tertiary alicyclic amines) is 1. The van der Waals surface area contributed by atoms with Gasteiger partial charge < -0.3 is 15.1 Å². The number of nitrogens with one attached hydrogen (secondary N) is 1. The van der Waals surface area contributed by atoms with E-state index in [1.54, 1.807) is 6.07 Å². The van der Waals surface area contributed by atoms with Gasteiger partial charge in [-0.3, -0.25) is 4.79 Å². The van der Waals surface area contributed by atoms with E-state index in [2.05, 4.69) is 32.4 Å². The first-order valence-electron chi connectivity index (χ1n) is 11.4. The van der Waals surface area contributed by atoms with E-state index in [0.29, 0.717) is 38.3 Å². The standard InChI is InChI=1S/C21H30F3N7O/c1-15-5-11-29(12-6-15)10-2-9-25-19(32)16-7-13-30(14-8-16)18-4-3-17-26-27-20(21(22,23)24)31(17)28-18/h3-4,15-16H,2,5-14H2,1H3,(H,25,32). The minimum absolute atomic E-state index is 0.0504. The normalized spacial score (nSPS) is 19.6. The van der Waals surface area contributed by atoms with Crippen LogP contribution >= 0.6 is 0 Å². The number of alkyl halides is 3. The van der Waals surface area contributed by atoms with Gasteiger partial charge in [-0.25, -0.2) is 0 Å². The summed E-state index contributed by atoms with van der Waals surface area (Å²) in [6.07, 6.45) is 0.114. The van der Waals surface area contributed by atoms with Crippen LogP contribution in [-0.2, 0) is 11.0 Å². The summed E-state index contributed by atoms with van der Waals surface area (Å²) in [5.74, 6) is 0.0994. The molecule has 2 saturated heterocycles. The highest BCUT2D eigenvalue weighted by molar-refractivity contribution is 5.78. The molecule has 8 nitrogen and oxygen atoms in total. The number of halogens is 3. The fourth-order valence-electron chi connectivity index (χ4n) is 4.44. The lowest BCUT2D eigenvalue weighted by atomic mass is 9.96. The van der Waals surface area contributed by atoms with Crippen molar-refractivity contribution in [1.29, 1.82) is 0 Å². The molecule has 0 unspecified atom stereocenters. The van der Waals surface area contributed by atoms with Crippen molar-refractivity contribution in [2.24, 2.45) is 11.8 Å². The molecular formula is C21H30F3N7O. The molecule has 2 aliphatic rings. The minimum atomic E-state index is -4.62. The van der Waals surface area contributed by atoms with Crippen molar-refractivity contribution in [3.63, 3.8) is 0 Å². The zero-order chi connectivity index (χ0) is 22.7. The summed E-state index contributed by atoms with van der Waals surface area (Å²) >= 11 is 0. The monoisotopic (exact) mass is 453 g/mol. The largest absolute Gasteiger partial charge is 0.453 e. The topological polar surface area (TPSA) is 78.7 Å². The van der Waals surface area contributed by atoms with Gasteiger partial charge in [-0.15, -0.1) is 15.3 Å². The van der Waals surface area contributed by atoms with Gasteiger partial charge in [0.2, 0.25) is 5.91 Å². The summed E-state index contributed by atoms with van der Waals surface area (Å²) in [7, 11) is 0. The second kappa shape index (κ2) is 9.60. The number of amides is 1. The van der Waals surface area contributed by atoms with Gasteiger partial charge in [0.15, 0.2) is 5.65 Å². The summed E-state index contributed by atoms with van der Waals surface area (Å²) in [4.78, 5) is 16.9. The Morgan fingerprint density at radius 3 is 2.50 bits per heavy atom. The summed E-state index contributed by atoms with van der Waals surface area (Å²) in [6.45, 7) is 7.41. The van der Waals surface area contributed by atoms with Gasteiger partial charge >= 0.3 is 6.18 Å². The molecule has 2 aromatic rings. The van der Waals surface area contributed by atoms with Crippen molar-refractivity contribution in [3.8, 4) is 0 Å². The average Bonchev–Trinajstić information content (AvgIpc) is 3.22. The first-order valence-corrected chi connectivity index (χ1v) is 11.4. The summed E-state index contributed by atoms with van der Waals surface area (Å²) in [5.41, 5.74) is 0.0504. The Bertz CT molecular complexity index is 916. The lowest BCUT2D eigenvalue weighted by Gasteiger charge is -2.32. The summed E-state index contributed by atoms with van der Waals surface area (Å²) in [5, 5.41) is 13.9. The number of aromatic nitrogens is 4. The van der Waals surface area contributed by atoms with Crippen molar-refractivity contribution in [2.75, 3.05) is 44.2 Å². The van der Waals surface area contributed by atoms with Crippen LogP contribution in [0.15, 0.2) is 12.1 Å². The van der Waals surface area contributed by atoms with Crippen molar-refractivity contribution in [2.45, 2.75) is 45.2 Å². The van der Waals surface area contributed by atoms with E-state index in [-0.39, 0.29) is 17.5 Å². The first kappa shape index (κ1) is 22.8. The van der Waals surface area contributed by atoms with Crippen molar-refractivity contribution in [1.82, 2.24) is 30.0 Å². The molecule has 32 heavy (non-hydrogen) atoms. The molecule has 0 saturated carbocycles. The Morgan fingerprint density at radius 1 is 1.09 bits per heavy atom. The molecule has 0 radical (unpaired) electrons. The van der Waals surface area contributed by atoms with Gasteiger partial charge in [-0.05, 0) is 69.8 Å². The molecule has 11 heteroatoms. The molecule has 2 aromatic heterocycles. The van der Waals surface area contributed by atoms with E-state index in [1.807, 2.05) is 4.90 Å². The van der Waals surface area contributed by atoms with Crippen molar-refractivity contribution < 1.29 is 18.0 Å². The van der Waals surface area contributed by atoms with E-state index in [0.717, 1.165) is 36.5 Å². The highest BCUT2D eigenvalue weighted by atomic mass is 19.4. The van der Waals surface area contributed by atoms with Gasteiger partial charge in [-0.2, -0.15) is 17.7 Å². The first-order chi connectivity index (χ1) is 15.3. The Labute approximate surface area is 185 Å². The molecule has 176 valence electrons. The van der Waals surface area contributed by atoms with Crippen molar-refractivity contribution in [3.05, 3.63) is 18.0 Å². The summed E-state index contributed by atoms with van der Waals surface area (Å²) < 4.78 is 40.0. The molecule has 1 N–H and O–H groups in total. The van der Waals surface area contributed by atoms with Crippen molar-refractivity contribution >= 4 is 17.4 Å². The number of nitrogens with zero attached hydrogens (tertiary/aromatic N) is 6. The van der Waals surface area contributed by atoms with E-state index >= 15 is 0 Å². The zero-order valence-corrected chi connectivity index (χ0v) is 18.3. The number of carbonyl (C=O) groups is 1. The maximum absolute atomic E-state index is 13.1. The van der Waals surface area contributed by atoms with Crippen LogP contribution in [-0.4, -0.2) is 69.9 Å².